The van der Waals surface area contributed by atoms with Crippen LogP contribution in [0, 0.1) is 6.92 Å². The van der Waals surface area contributed by atoms with Crippen molar-refractivity contribution < 1.29 is 18.3 Å². The smallest absolute Gasteiger partial charge is 0.337 e. The first-order chi connectivity index (χ1) is 8.04. The topological polar surface area (TPSA) is 44.1 Å². The summed E-state index contributed by atoms with van der Waals surface area (Å²) in [7, 11) is 1.27. The predicted molar refractivity (Wildman–Crippen MR) is 57.1 cm³/mol. The molecule has 0 N–H and O–H groups in total. The molecule has 0 bridgehead atoms. The van der Waals surface area contributed by atoms with Crippen LogP contribution in [0.15, 0.2) is 18.2 Å². The van der Waals surface area contributed by atoms with Crippen molar-refractivity contribution in [3.63, 3.8) is 0 Å². The third-order valence-corrected chi connectivity index (χ3v) is 2.55. The molecule has 0 amide bonds. The lowest BCUT2D eigenvalue weighted by Gasteiger charge is -2.00. The van der Waals surface area contributed by atoms with E-state index in [-0.39, 0.29) is 0 Å². The van der Waals surface area contributed by atoms with Crippen LogP contribution in [0.3, 0.4) is 0 Å². The summed E-state index contributed by atoms with van der Waals surface area (Å²) in [6.07, 6.45) is 0. The van der Waals surface area contributed by atoms with E-state index < -0.39 is 12.5 Å². The molecule has 2 aromatic rings. The van der Waals surface area contributed by atoms with Crippen LogP contribution in [0.25, 0.3) is 10.9 Å². The number of aromatic nitrogens is 2. The highest BCUT2D eigenvalue weighted by Gasteiger charge is 2.15. The van der Waals surface area contributed by atoms with Crippen molar-refractivity contribution in [3.05, 3.63) is 29.5 Å². The molecule has 0 unspecified atom stereocenters. The second-order valence-corrected chi connectivity index (χ2v) is 3.53. The number of ether oxygens (including phenoxy) is 1. The third-order valence-electron chi connectivity index (χ3n) is 2.55. The molecule has 1 aromatic heterocycles. The van der Waals surface area contributed by atoms with E-state index in [0.29, 0.717) is 26.8 Å². The van der Waals surface area contributed by atoms with Crippen LogP contribution in [0.1, 0.15) is 22.6 Å². The molecule has 0 saturated carbocycles. The van der Waals surface area contributed by atoms with Gasteiger partial charge in [0.05, 0.1) is 18.2 Å². The summed E-state index contributed by atoms with van der Waals surface area (Å²) >= 11 is 0. The van der Waals surface area contributed by atoms with E-state index in [2.05, 4.69) is 9.84 Å². The summed E-state index contributed by atoms with van der Waals surface area (Å²) < 4.78 is 30.4. The Labute approximate surface area is 95.8 Å². The Hall–Kier alpha value is -1.98. The van der Waals surface area contributed by atoms with Gasteiger partial charge >= 0.3 is 12.5 Å². The molecule has 0 fully saturated rings. The largest absolute Gasteiger partial charge is 0.465 e. The number of carbonyl (C=O) groups excluding carboxylic acids is 1. The molecule has 2 rings (SSSR count). The van der Waals surface area contributed by atoms with Crippen LogP contribution < -0.4 is 0 Å². The fraction of sp³-hybridized carbons (Fsp3) is 0.273. The molecule has 0 atom stereocenters. The van der Waals surface area contributed by atoms with E-state index >= 15 is 0 Å². The second kappa shape index (κ2) is 4.12. The molecule has 0 radical (unpaired) electrons. The van der Waals surface area contributed by atoms with Crippen LogP contribution in [0.4, 0.5) is 8.78 Å². The van der Waals surface area contributed by atoms with Crippen molar-refractivity contribution in [3.8, 4) is 0 Å². The van der Waals surface area contributed by atoms with Crippen molar-refractivity contribution >= 4 is 16.9 Å². The molecule has 0 spiro atoms. The van der Waals surface area contributed by atoms with Gasteiger partial charge in [0.15, 0.2) is 0 Å². The third kappa shape index (κ3) is 1.86. The van der Waals surface area contributed by atoms with E-state index in [1.54, 1.807) is 0 Å². The summed E-state index contributed by atoms with van der Waals surface area (Å²) in [5.41, 5.74) is 1.06. The SMILES string of the molecule is COC(=O)c1ccc2nn(C(F)F)c(C)c2c1. The summed E-state index contributed by atoms with van der Waals surface area (Å²) in [5.74, 6) is -0.504. The van der Waals surface area contributed by atoms with Crippen LogP contribution in [-0.4, -0.2) is 22.9 Å². The Bertz CT molecular complexity index is 578. The zero-order valence-electron chi connectivity index (χ0n) is 9.28. The van der Waals surface area contributed by atoms with E-state index in [1.165, 1.54) is 32.2 Å². The number of halogens is 2. The minimum absolute atomic E-state index is 0.317. The van der Waals surface area contributed by atoms with Crippen molar-refractivity contribution in [1.82, 2.24) is 9.78 Å². The molecule has 1 heterocycles. The van der Waals surface area contributed by atoms with Gasteiger partial charge in [0.2, 0.25) is 0 Å². The lowest BCUT2D eigenvalue weighted by atomic mass is 10.1. The van der Waals surface area contributed by atoms with Gasteiger partial charge in [-0.3, -0.25) is 0 Å². The van der Waals surface area contributed by atoms with Gasteiger partial charge in [-0.1, -0.05) is 0 Å². The highest BCUT2D eigenvalue weighted by atomic mass is 19.3. The number of rotatable bonds is 2. The second-order valence-electron chi connectivity index (χ2n) is 3.53. The van der Waals surface area contributed by atoms with Crippen LogP contribution in [0.2, 0.25) is 0 Å². The van der Waals surface area contributed by atoms with Gasteiger partial charge in [-0.15, -0.1) is 0 Å². The van der Waals surface area contributed by atoms with Gasteiger partial charge in [-0.25, -0.2) is 9.48 Å². The molecule has 0 aliphatic heterocycles. The Morgan fingerprint density at radius 3 is 2.76 bits per heavy atom. The van der Waals surface area contributed by atoms with Crippen molar-refractivity contribution in [2.75, 3.05) is 7.11 Å². The molecular formula is C11H10F2N2O2. The summed E-state index contributed by atoms with van der Waals surface area (Å²) in [6, 6.07) is 4.52. The maximum Gasteiger partial charge on any atom is 0.337 e. The first kappa shape index (κ1) is 11.5. The number of hydrogen-bond donors (Lipinski definition) is 0. The standard InChI is InChI=1S/C11H10F2N2O2/c1-6-8-5-7(10(16)17-2)3-4-9(8)14-15(6)11(12)13/h3-5,11H,1-2H3. The highest BCUT2D eigenvalue weighted by molar-refractivity contribution is 5.95. The van der Waals surface area contributed by atoms with E-state index in [0.717, 1.165) is 0 Å². The lowest BCUT2D eigenvalue weighted by Crippen LogP contribution is -2.01. The number of alkyl halides is 2. The molecule has 0 aliphatic rings. The fourth-order valence-corrected chi connectivity index (χ4v) is 1.66. The number of aryl methyl sites for hydroxylation is 1. The van der Waals surface area contributed by atoms with Gasteiger partial charge in [0.25, 0.3) is 0 Å². The van der Waals surface area contributed by atoms with Crippen molar-refractivity contribution in [1.29, 1.82) is 0 Å². The predicted octanol–water partition coefficient (Wildman–Crippen LogP) is 2.53. The molecule has 6 heteroatoms. The van der Waals surface area contributed by atoms with Gasteiger partial charge in [0, 0.05) is 11.1 Å². The number of hydrogen-bond acceptors (Lipinski definition) is 3. The molecular weight excluding hydrogens is 230 g/mol. The maximum atomic E-state index is 12.6. The summed E-state index contributed by atoms with van der Waals surface area (Å²) in [4.78, 5) is 11.3. The van der Waals surface area contributed by atoms with Gasteiger partial charge in [-0.2, -0.15) is 13.9 Å². The highest BCUT2D eigenvalue weighted by Crippen LogP contribution is 2.23. The van der Waals surface area contributed by atoms with E-state index in [9.17, 15) is 13.6 Å². The number of nitrogens with zero attached hydrogens (tertiary/aromatic N) is 2. The lowest BCUT2D eigenvalue weighted by molar-refractivity contribution is 0.0552. The Morgan fingerprint density at radius 2 is 2.18 bits per heavy atom. The number of fused-ring (bicyclic) bond motifs is 1. The number of carbonyl (C=O) groups is 1. The minimum Gasteiger partial charge on any atom is -0.465 e. The zero-order valence-corrected chi connectivity index (χ0v) is 9.28. The average Bonchev–Trinajstić information content (AvgIpc) is 2.65. The normalized spacial score (nSPS) is 11.1. The zero-order chi connectivity index (χ0) is 12.6. The monoisotopic (exact) mass is 240 g/mol. The first-order valence-electron chi connectivity index (χ1n) is 4.90. The molecule has 90 valence electrons. The molecule has 1 aromatic carbocycles. The minimum atomic E-state index is -2.69. The molecule has 0 saturated heterocycles. The van der Waals surface area contributed by atoms with Gasteiger partial charge in [-0.05, 0) is 25.1 Å². The average molecular weight is 240 g/mol. The number of methoxy groups -OCH3 is 1. The Kier molecular flexibility index (Phi) is 2.79. The summed E-state index contributed by atoms with van der Waals surface area (Å²) in [5, 5.41) is 4.27. The Balaban J connectivity index is 2.61. The van der Waals surface area contributed by atoms with E-state index in [1.807, 2.05) is 0 Å². The van der Waals surface area contributed by atoms with E-state index in [4.69, 9.17) is 0 Å². The quantitative estimate of drug-likeness (QED) is 0.757. The van der Waals surface area contributed by atoms with Gasteiger partial charge in [0.1, 0.15) is 0 Å². The van der Waals surface area contributed by atoms with Crippen LogP contribution in [0.5, 0.6) is 0 Å². The summed E-state index contributed by atoms with van der Waals surface area (Å²) in [6.45, 7) is -1.16. The fourth-order valence-electron chi connectivity index (χ4n) is 1.66. The first-order valence-corrected chi connectivity index (χ1v) is 4.90. The van der Waals surface area contributed by atoms with Gasteiger partial charge < -0.3 is 4.74 Å². The molecule has 0 aliphatic carbocycles. The Morgan fingerprint density at radius 1 is 1.47 bits per heavy atom. The van der Waals surface area contributed by atoms with Crippen molar-refractivity contribution in [2.24, 2.45) is 0 Å². The number of benzene rings is 1. The molecule has 17 heavy (non-hydrogen) atoms. The van der Waals surface area contributed by atoms with Crippen LogP contribution >= 0.6 is 0 Å². The van der Waals surface area contributed by atoms with Crippen LogP contribution in [-0.2, 0) is 4.74 Å². The number of esters is 1. The van der Waals surface area contributed by atoms with Crippen molar-refractivity contribution in [2.45, 2.75) is 13.5 Å². The maximum absolute atomic E-state index is 12.6. The molecule has 4 nitrogen and oxygen atoms in total.